The van der Waals surface area contributed by atoms with Gasteiger partial charge in [-0.2, -0.15) is 25.7 Å². The fourth-order valence-corrected chi connectivity index (χ4v) is 0. The molecular formula is C12H28Zr. The fraction of sp³-hybridized carbons (Fsp3) is 0.667. The minimum Gasteiger partial charge on any atom is -0.344 e. The molecule has 0 atom stereocenters. The summed E-state index contributed by atoms with van der Waals surface area (Å²) in [7, 11) is 0. The van der Waals surface area contributed by atoms with Gasteiger partial charge >= 0.3 is 26.2 Å². The maximum absolute atomic E-state index is 3.49. The van der Waals surface area contributed by atoms with Crippen molar-refractivity contribution in [3.05, 3.63) is 27.7 Å². The Balaban J connectivity index is -0.0000000213. The van der Waals surface area contributed by atoms with Crippen molar-refractivity contribution >= 4 is 0 Å². The molecule has 0 aliphatic rings. The van der Waals surface area contributed by atoms with Crippen molar-refractivity contribution in [1.29, 1.82) is 0 Å². The zero-order chi connectivity index (χ0) is 10.8. The Kier molecular flexibility index (Phi) is 171. The summed E-state index contributed by atoms with van der Waals surface area (Å²) >= 11 is 0. The van der Waals surface area contributed by atoms with Crippen molar-refractivity contribution in [2.24, 2.45) is 0 Å². The van der Waals surface area contributed by atoms with Crippen molar-refractivity contribution in [2.75, 3.05) is 0 Å². The summed E-state index contributed by atoms with van der Waals surface area (Å²) in [6, 6.07) is 0. The summed E-state index contributed by atoms with van der Waals surface area (Å²) in [5, 5.41) is 0. The van der Waals surface area contributed by atoms with Crippen LogP contribution in [0.3, 0.4) is 0 Å². The van der Waals surface area contributed by atoms with E-state index in [0.29, 0.717) is 0 Å². The molecule has 13 heavy (non-hydrogen) atoms. The second-order valence-electron chi connectivity index (χ2n) is 2.00. The minimum atomic E-state index is 0. The van der Waals surface area contributed by atoms with Gasteiger partial charge in [-0.05, 0) is 0 Å². The van der Waals surface area contributed by atoms with E-state index >= 15 is 0 Å². The van der Waals surface area contributed by atoms with Gasteiger partial charge in [0.25, 0.3) is 0 Å². The zero-order valence-electron chi connectivity index (χ0n) is 10.2. The van der Waals surface area contributed by atoms with Gasteiger partial charge in [-0.1, -0.05) is 27.7 Å². The predicted molar refractivity (Wildman–Crippen MR) is 62.6 cm³/mol. The molecule has 0 amide bonds. The Bertz CT molecular complexity index is 13.1. The van der Waals surface area contributed by atoms with Crippen LogP contribution in [-0.2, 0) is 26.2 Å². The van der Waals surface area contributed by atoms with E-state index < -0.39 is 0 Å². The second kappa shape index (κ2) is 76.3. The third-order valence-electron chi connectivity index (χ3n) is 0. The molecule has 0 radical (unpaired) electrons. The summed E-state index contributed by atoms with van der Waals surface area (Å²) in [6.45, 7) is 22.0. The third-order valence-corrected chi connectivity index (χ3v) is 0. The monoisotopic (exact) mass is 262 g/mol. The first-order valence-corrected chi connectivity index (χ1v) is 4.83. The molecule has 0 aliphatic heterocycles. The number of hydrogen-bond acceptors (Lipinski definition) is 0. The molecule has 0 spiro atoms. The standard InChI is InChI=1S/4C3H7.Zr/c4*1-3-2;/h4*1,3H2,2H3;/q4*-1;+4. The third kappa shape index (κ3) is 1960. The zero-order valence-corrected chi connectivity index (χ0v) is 12.6. The molecule has 0 aromatic carbocycles. The molecule has 0 aliphatic carbocycles. The van der Waals surface area contributed by atoms with Gasteiger partial charge < -0.3 is 27.7 Å². The van der Waals surface area contributed by atoms with E-state index in [-0.39, 0.29) is 26.2 Å². The van der Waals surface area contributed by atoms with Crippen LogP contribution >= 0.6 is 0 Å². The van der Waals surface area contributed by atoms with E-state index in [4.69, 9.17) is 0 Å². The van der Waals surface area contributed by atoms with E-state index in [1.165, 1.54) is 0 Å². The summed E-state index contributed by atoms with van der Waals surface area (Å²) in [6.07, 6.45) is 4.00. The molecule has 0 unspecified atom stereocenters. The van der Waals surface area contributed by atoms with Gasteiger partial charge in [0.2, 0.25) is 0 Å². The largest absolute Gasteiger partial charge is 4.00 e. The Labute approximate surface area is 107 Å². The summed E-state index contributed by atoms with van der Waals surface area (Å²) in [5.41, 5.74) is 0. The van der Waals surface area contributed by atoms with Gasteiger partial charge in [0, 0.05) is 0 Å². The Hall–Kier alpha value is 0.883. The Morgan fingerprint density at radius 3 is 0.538 bits per heavy atom. The van der Waals surface area contributed by atoms with Gasteiger partial charge in [-0.25, -0.2) is 0 Å². The molecule has 0 aromatic heterocycles. The number of rotatable bonds is 0. The predicted octanol–water partition coefficient (Wildman–Crippen LogP) is 4.92. The van der Waals surface area contributed by atoms with Crippen LogP contribution in [0, 0.1) is 27.7 Å². The molecule has 0 rings (SSSR count). The Morgan fingerprint density at radius 2 is 0.538 bits per heavy atom. The second-order valence-corrected chi connectivity index (χ2v) is 2.00. The van der Waals surface area contributed by atoms with Crippen LogP contribution in [0.25, 0.3) is 0 Å². The molecule has 1 heteroatoms. The van der Waals surface area contributed by atoms with Crippen LogP contribution in [0.1, 0.15) is 53.4 Å². The maximum Gasteiger partial charge on any atom is 4.00 e. The fourth-order valence-electron chi connectivity index (χ4n) is 0. The molecule has 0 saturated heterocycles. The maximum atomic E-state index is 3.49. The van der Waals surface area contributed by atoms with E-state index in [1.807, 2.05) is 27.7 Å². The molecule has 0 heterocycles. The van der Waals surface area contributed by atoms with E-state index in [0.717, 1.165) is 25.7 Å². The first-order chi connectivity index (χ1) is 5.66. The van der Waals surface area contributed by atoms with E-state index in [1.54, 1.807) is 0 Å². The van der Waals surface area contributed by atoms with Crippen LogP contribution in [0.5, 0.6) is 0 Å². The van der Waals surface area contributed by atoms with Crippen LogP contribution in [0.15, 0.2) is 0 Å². The molecular weight excluding hydrogens is 235 g/mol. The topological polar surface area (TPSA) is 0 Å². The van der Waals surface area contributed by atoms with Crippen molar-refractivity contribution < 1.29 is 26.2 Å². The van der Waals surface area contributed by atoms with Gasteiger partial charge in [-0.3, -0.25) is 0 Å². The molecule has 0 bridgehead atoms. The van der Waals surface area contributed by atoms with Crippen LogP contribution in [0.2, 0.25) is 0 Å². The van der Waals surface area contributed by atoms with Gasteiger partial charge in [0.05, 0.1) is 0 Å². The molecule has 0 N–H and O–H groups in total. The van der Waals surface area contributed by atoms with Gasteiger partial charge in [0.15, 0.2) is 0 Å². The van der Waals surface area contributed by atoms with Crippen molar-refractivity contribution in [3.8, 4) is 0 Å². The molecule has 0 nitrogen and oxygen atoms in total. The van der Waals surface area contributed by atoms with Crippen molar-refractivity contribution in [1.82, 2.24) is 0 Å². The summed E-state index contributed by atoms with van der Waals surface area (Å²) < 4.78 is 0. The summed E-state index contributed by atoms with van der Waals surface area (Å²) in [4.78, 5) is 0. The first-order valence-electron chi connectivity index (χ1n) is 4.83. The first kappa shape index (κ1) is 29.2. The normalized spacial score (nSPS) is 5.54. The van der Waals surface area contributed by atoms with Crippen molar-refractivity contribution in [3.63, 3.8) is 0 Å². The molecule has 80 valence electrons. The Morgan fingerprint density at radius 1 is 0.538 bits per heavy atom. The SMILES string of the molecule is [CH2-]CC.[CH2-]CC.[CH2-]CC.[CH2-]CC.[Zr+4]. The van der Waals surface area contributed by atoms with Gasteiger partial charge in [0.1, 0.15) is 0 Å². The summed E-state index contributed by atoms with van der Waals surface area (Å²) in [5.74, 6) is 0. The van der Waals surface area contributed by atoms with E-state index in [2.05, 4.69) is 27.7 Å². The van der Waals surface area contributed by atoms with Crippen molar-refractivity contribution in [2.45, 2.75) is 53.4 Å². The van der Waals surface area contributed by atoms with Gasteiger partial charge in [-0.15, -0.1) is 0 Å². The van der Waals surface area contributed by atoms with E-state index in [9.17, 15) is 0 Å². The minimum absolute atomic E-state index is 0. The molecule has 0 fully saturated rings. The number of hydrogen-bond donors (Lipinski definition) is 0. The average Bonchev–Trinajstić information content (AvgIpc) is 1.92. The molecule has 0 aromatic rings. The van der Waals surface area contributed by atoms with Crippen LogP contribution in [-0.4, -0.2) is 0 Å². The van der Waals surface area contributed by atoms with Crippen LogP contribution < -0.4 is 0 Å². The smallest absolute Gasteiger partial charge is 0.344 e. The average molecular weight is 264 g/mol. The quantitative estimate of drug-likeness (QED) is 0.544. The van der Waals surface area contributed by atoms with Crippen LogP contribution in [0.4, 0.5) is 0 Å². The molecule has 0 saturated carbocycles.